The summed E-state index contributed by atoms with van der Waals surface area (Å²) in [6, 6.07) is 0.0631. The molecule has 1 rings (SSSR count). The molecule has 0 aromatic carbocycles. The summed E-state index contributed by atoms with van der Waals surface area (Å²) < 4.78 is 10.3. The fourth-order valence-electron chi connectivity index (χ4n) is 2.60. The lowest BCUT2D eigenvalue weighted by molar-refractivity contribution is -0.142. The van der Waals surface area contributed by atoms with Crippen molar-refractivity contribution < 1.29 is 14.3 Å². The number of nitrogens with one attached hydrogen (secondary N) is 1. The Morgan fingerprint density at radius 3 is 2.63 bits per heavy atom. The zero-order chi connectivity index (χ0) is 14.3. The molecule has 112 valence electrons. The highest BCUT2D eigenvalue weighted by molar-refractivity contribution is 5.86. The second-order valence-electron chi connectivity index (χ2n) is 5.51. The normalized spacial score (nSPS) is 25.1. The van der Waals surface area contributed by atoms with Gasteiger partial charge in [0.1, 0.15) is 0 Å². The van der Waals surface area contributed by atoms with E-state index >= 15 is 0 Å². The molecule has 2 unspecified atom stereocenters. The molecule has 1 amide bonds. The maximum atomic E-state index is 12.8. The topological polar surface area (TPSA) is 50.8 Å². The number of amides is 1. The van der Waals surface area contributed by atoms with Gasteiger partial charge in [-0.1, -0.05) is 0 Å². The second-order valence-corrected chi connectivity index (χ2v) is 5.51. The van der Waals surface area contributed by atoms with Crippen LogP contribution in [-0.4, -0.2) is 62.9 Å². The van der Waals surface area contributed by atoms with Crippen molar-refractivity contribution in [1.29, 1.82) is 0 Å². The third kappa shape index (κ3) is 4.44. The molecule has 0 aromatic rings. The van der Waals surface area contributed by atoms with Crippen LogP contribution in [0.15, 0.2) is 0 Å². The van der Waals surface area contributed by atoms with Gasteiger partial charge >= 0.3 is 0 Å². The van der Waals surface area contributed by atoms with E-state index in [1.54, 1.807) is 14.2 Å². The first-order valence-electron chi connectivity index (χ1n) is 7.09. The van der Waals surface area contributed by atoms with E-state index < -0.39 is 5.54 Å². The number of hydrogen-bond donors (Lipinski definition) is 1. The van der Waals surface area contributed by atoms with Crippen molar-refractivity contribution in [3.8, 4) is 0 Å². The summed E-state index contributed by atoms with van der Waals surface area (Å²) in [7, 11) is 3.32. The molecular formula is C14H28N2O3. The number of carbonyl (C=O) groups excluding carboxylic acids is 1. The predicted molar refractivity (Wildman–Crippen MR) is 75.2 cm³/mol. The zero-order valence-corrected chi connectivity index (χ0v) is 12.7. The minimum absolute atomic E-state index is 0.0631. The number of hydrogen-bond acceptors (Lipinski definition) is 4. The number of carbonyl (C=O) groups is 1. The molecule has 1 N–H and O–H groups in total. The summed E-state index contributed by atoms with van der Waals surface area (Å²) in [5.74, 6) is 0.161. The number of rotatable bonds is 7. The Labute approximate surface area is 116 Å². The highest BCUT2D eigenvalue weighted by atomic mass is 16.5. The molecule has 1 aliphatic rings. The van der Waals surface area contributed by atoms with Gasteiger partial charge in [0, 0.05) is 20.8 Å². The lowest BCUT2D eigenvalue weighted by Crippen LogP contribution is -2.60. The van der Waals surface area contributed by atoms with Crippen LogP contribution in [0.1, 0.15) is 33.1 Å². The minimum Gasteiger partial charge on any atom is -0.383 e. The molecular weight excluding hydrogens is 244 g/mol. The van der Waals surface area contributed by atoms with Gasteiger partial charge in [0.15, 0.2) is 0 Å². The Hall–Kier alpha value is -0.650. The van der Waals surface area contributed by atoms with E-state index in [0.29, 0.717) is 19.8 Å². The van der Waals surface area contributed by atoms with E-state index in [-0.39, 0.29) is 11.9 Å². The number of methoxy groups -OCH3 is 2. The molecule has 0 spiro atoms. The average Bonchev–Trinajstić information content (AvgIpc) is 2.40. The van der Waals surface area contributed by atoms with Gasteiger partial charge in [0.25, 0.3) is 0 Å². The van der Waals surface area contributed by atoms with Crippen LogP contribution in [-0.2, 0) is 14.3 Å². The maximum absolute atomic E-state index is 12.8. The molecule has 19 heavy (non-hydrogen) atoms. The smallest absolute Gasteiger partial charge is 0.242 e. The van der Waals surface area contributed by atoms with Gasteiger partial charge in [0.05, 0.1) is 24.8 Å². The molecule has 0 aliphatic carbocycles. The van der Waals surface area contributed by atoms with Crippen molar-refractivity contribution in [2.75, 3.05) is 40.5 Å². The average molecular weight is 272 g/mol. The van der Waals surface area contributed by atoms with Gasteiger partial charge in [-0.05, 0) is 39.7 Å². The zero-order valence-electron chi connectivity index (χ0n) is 12.7. The third-order valence-electron chi connectivity index (χ3n) is 3.83. The lowest BCUT2D eigenvalue weighted by atomic mass is 9.89. The van der Waals surface area contributed by atoms with Crippen LogP contribution >= 0.6 is 0 Å². The van der Waals surface area contributed by atoms with E-state index in [4.69, 9.17) is 9.47 Å². The summed E-state index contributed by atoms with van der Waals surface area (Å²) in [6.45, 7) is 6.65. The van der Waals surface area contributed by atoms with Crippen LogP contribution in [0.5, 0.6) is 0 Å². The van der Waals surface area contributed by atoms with Crippen molar-refractivity contribution in [1.82, 2.24) is 10.2 Å². The van der Waals surface area contributed by atoms with Crippen LogP contribution in [0, 0.1) is 0 Å². The molecule has 1 saturated heterocycles. The van der Waals surface area contributed by atoms with Crippen molar-refractivity contribution in [3.63, 3.8) is 0 Å². The minimum atomic E-state index is -0.437. The molecule has 0 aromatic heterocycles. The molecule has 0 bridgehead atoms. The quantitative estimate of drug-likeness (QED) is 0.752. The summed E-state index contributed by atoms with van der Waals surface area (Å²) in [6.07, 6.45) is 3.15. The first-order valence-corrected chi connectivity index (χ1v) is 7.09. The second kappa shape index (κ2) is 7.82. The van der Waals surface area contributed by atoms with Crippen LogP contribution in [0.25, 0.3) is 0 Å². The maximum Gasteiger partial charge on any atom is 0.242 e. The first kappa shape index (κ1) is 16.4. The van der Waals surface area contributed by atoms with Crippen molar-refractivity contribution >= 4 is 5.91 Å². The van der Waals surface area contributed by atoms with Crippen LogP contribution in [0.2, 0.25) is 0 Å². The first-order chi connectivity index (χ1) is 9.05. The van der Waals surface area contributed by atoms with Gasteiger partial charge in [-0.15, -0.1) is 0 Å². The molecule has 5 nitrogen and oxygen atoms in total. The van der Waals surface area contributed by atoms with E-state index in [9.17, 15) is 4.79 Å². The van der Waals surface area contributed by atoms with Crippen molar-refractivity contribution in [2.24, 2.45) is 0 Å². The molecule has 1 aliphatic heterocycles. The van der Waals surface area contributed by atoms with Gasteiger partial charge in [-0.25, -0.2) is 0 Å². The highest BCUT2D eigenvalue weighted by Gasteiger charge is 2.38. The summed E-state index contributed by atoms with van der Waals surface area (Å²) in [5.41, 5.74) is -0.437. The summed E-state index contributed by atoms with van der Waals surface area (Å²) in [4.78, 5) is 14.7. The Balaban J connectivity index is 2.73. The SMILES string of the molecule is COCCN(C(=O)C1(C)CCCCN1)C(C)COC. The fourth-order valence-corrected chi connectivity index (χ4v) is 2.60. The standard InChI is InChI=1S/C14H28N2O3/c1-12(11-19-4)16(9-10-18-3)13(17)14(2)7-5-6-8-15-14/h12,15H,5-11H2,1-4H3. The van der Waals surface area contributed by atoms with E-state index in [1.807, 2.05) is 18.7 Å². The molecule has 1 fully saturated rings. The van der Waals surface area contributed by atoms with Gasteiger partial charge < -0.3 is 19.7 Å². The lowest BCUT2D eigenvalue weighted by Gasteiger charge is -2.40. The Morgan fingerprint density at radius 2 is 2.11 bits per heavy atom. The Morgan fingerprint density at radius 1 is 1.37 bits per heavy atom. The van der Waals surface area contributed by atoms with Crippen molar-refractivity contribution in [2.45, 2.75) is 44.7 Å². The molecule has 1 heterocycles. The van der Waals surface area contributed by atoms with Gasteiger partial charge in [-0.3, -0.25) is 4.79 Å². The number of piperidine rings is 1. The summed E-state index contributed by atoms with van der Waals surface area (Å²) >= 11 is 0. The van der Waals surface area contributed by atoms with E-state index in [2.05, 4.69) is 5.32 Å². The van der Waals surface area contributed by atoms with Gasteiger partial charge in [0.2, 0.25) is 5.91 Å². The molecule has 2 atom stereocenters. The van der Waals surface area contributed by atoms with E-state index in [0.717, 1.165) is 25.8 Å². The number of nitrogens with zero attached hydrogens (tertiary/aromatic N) is 1. The Bertz CT molecular complexity index is 278. The highest BCUT2D eigenvalue weighted by Crippen LogP contribution is 2.22. The van der Waals surface area contributed by atoms with Gasteiger partial charge in [-0.2, -0.15) is 0 Å². The van der Waals surface area contributed by atoms with Crippen LogP contribution in [0.4, 0.5) is 0 Å². The fraction of sp³-hybridized carbons (Fsp3) is 0.929. The van der Waals surface area contributed by atoms with Crippen LogP contribution in [0.3, 0.4) is 0 Å². The molecule has 0 radical (unpaired) electrons. The Kier molecular flexibility index (Phi) is 6.75. The molecule has 0 saturated carbocycles. The number of ether oxygens (including phenoxy) is 2. The third-order valence-corrected chi connectivity index (χ3v) is 3.83. The molecule has 5 heteroatoms. The summed E-state index contributed by atoms with van der Waals surface area (Å²) in [5, 5.41) is 3.38. The van der Waals surface area contributed by atoms with E-state index in [1.165, 1.54) is 0 Å². The van der Waals surface area contributed by atoms with Crippen LogP contribution < -0.4 is 5.32 Å². The largest absolute Gasteiger partial charge is 0.383 e. The monoisotopic (exact) mass is 272 g/mol. The van der Waals surface area contributed by atoms with Crippen molar-refractivity contribution in [3.05, 3.63) is 0 Å². The predicted octanol–water partition coefficient (Wildman–Crippen LogP) is 1.03.